The predicted molar refractivity (Wildman–Crippen MR) is 102 cm³/mol. The Labute approximate surface area is 156 Å². The Morgan fingerprint density at radius 1 is 1.00 bits per heavy atom. The lowest BCUT2D eigenvalue weighted by atomic mass is 9.86. The predicted octanol–water partition coefficient (Wildman–Crippen LogP) is 3.49. The second-order valence-electron chi connectivity index (χ2n) is 6.10. The summed E-state index contributed by atoms with van der Waals surface area (Å²) in [6.45, 7) is 2.53. The van der Waals surface area contributed by atoms with E-state index in [2.05, 4.69) is 0 Å². The number of esters is 1. The third-order valence-corrected chi connectivity index (χ3v) is 3.88. The summed E-state index contributed by atoms with van der Waals surface area (Å²) in [5.41, 5.74) is 0.227. The van der Waals surface area contributed by atoms with E-state index in [1.54, 1.807) is 0 Å². The van der Waals surface area contributed by atoms with E-state index in [0.717, 1.165) is 11.1 Å². The average molecular weight is 364 g/mol. The summed E-state index contributed by atoms with van der Waals surface area (Å²) in [4.78, 5) is 15.1. The molecule has 0 amide bonds. The Balaban J connectivity index is 0.00000312. The van der Waals surface area contributed by atoms with Crippen molar-refractivity contribution in [2.24, 2.45) is 0 Å². The molecule has 0 aliphatic carbocycles. The number of methoxy groups -OCH3 is 1. The average Bonchev–Trinajstić information content (AvgIpc) is 2.57. The summed E-state index contributed by atoms with van der Waals surface area (Å²) in [7, 11) is 5.43. The van der Waals surface area contributed by atoms with Gasteiger partial charge in [0.2, 0.25) is 5.60 Å². The van der Waals surface area contributed by atoms with Crippen molar-refractivity contribution in [3.8, 4) is 0 Å². The Morgan fingerprint density at radius 3 is 1.80 bits per heavy atom. The van der Waals surface area contributed by atoms with E-state index in [1.165, 1.54) is 7.11 Å². The summed E-state index contributed by atoms with van der Waals surface area (Å²) >= 11 is 0. The van der Waals surface area contributed by atoms with Gasteiger partial charge in [-0.15, -0.1) is 12.4 Å². The van der Waals surface area contributed by atoms with Gasteiger partial charge in [0.05, 0.1) is 0 Å². The van der Waals surface area contributed by atoms with Crippen LogP contribution >= 0.6 is 12.4 Å². The fourth-order valence-electron chi connectivity index (χ4n) is 2.88. The maximum absolute atomic E-state index is 13.1. The van der Waals surface area contributed by atoms with Crippen molar-refractivity contribution in [1.82, 2.24) is 4.90 Å². The normalized spacial score (nSPS) is 12.4. The highest BCUT2D eigenvalue weighted by Gasteiger charge is 2.44. The Morgan fingerprint density at radius 2 is 1.44 bits per heavy atom. The van der Waals surface area contributed by atoms with Crippen LogP contribution in [0.25, 0.3) is 0 Å². The lowest BCUT2D eigenvalue weighted by Gasteiger charge is -2.32. The van der Waals surface area contributed by atoms with E-state index < -0.39 is 11.6 Å². The molecule has 0 bridgehead atoms. The Hall–Kier alpha value is -1.88. The van der Waals surface area contributed by atoms with Gasteiger partial charge in [0.1, 0.15) is 6.10 Å². The minimum atomic E-state index is -1.27. The number of hydrogen-bond donors (Lipinski definition) is 0. The number of carbonyl (C=O) groups excluding carboxylic acids is 1. The highest BCUT2D eigenvalue weighted by Crippen LogP contribution is 2.35. The standard InChI is InChI=1S/C20H25NO3.ClH/c1-16(15-21(2)3)24-19(22)20(23-4,17-11-7-5-8-12-17)18-13-9-6-10-14-18;/h5-14,16H,15H2,1-4H3;1H. The molecule has 0 N–H and O–H groups in total. The van der Waals surface area contributed by atoms with Crippen molar-refractivity contribution in [1.29, 1.82) is 0 Å². The zero-order valence-corrected chi connectivity index (χ0v) is 16.0. The Kier molecular flexibility index (Phi) is 8.10. The third-order valence-electron chi connectivity index (χ3n) is 3.88. The zero-order valence-electron chi connectivity index (χ0n) is 15.1. The van der Waals surface area contributed by atoms with Crippen LogP contribution in [0.3, 0.4) is 0 Å². The molecule has 1 unspecified atom stereocenters. The molecule has 0 aromatic heterocycles. The van der Waals surface area contributed by atoms with Crippen molar-refractivity contribution in [2.75, 3.05) is 27.7 Å². The van der Waals surface area contributed by atoms with E-state index in [-0.39, 0.29) is 18.5 Å². The van der Waals surface area contributed by atoms with Crippen molar-refractivity contribution in [3.63, 3.8) is 0 Å². The number of hydrogen-bond acceptors (Lipinski definition) is 4. The van der Waals surface area contributed by atoms with Crippen LogP contribution < -0.4 is 0 Å². The first kappa shape index (κ1) is 21.2. The maximum Gasteiger partial charge on any atom is 0.348 e. The summed E-state index contributed by atoms with van der Waals surface area (Å²) in [6.07, 6.45) is -0.241. The lowest BCUT2D eigenvalue weighted by molar-refractivity contribution is -0.170. The molecule has 2 aromatic carbocycles. The third kappa shape index (κ3) is 4.82. The van der Waals surface area contributed by atoms with Gasteiger partial charge in [-0.25, -0.2) is 4.79 Å². The van der Waals surface area contributed by atoms with Crippen LogP contribution in [0.1, 0.15) is 18.1 Å². The maximum atomic E-state index is 13.1. The summed E-state index contributed by atoms with van der Waals surface area (Å²) < 4.78 is 11.5. The number of nitrogens with zero attached hydrogens (tertiary/aromatic N) is 1. The molecule has 136 valence electrons. The van der Waals surface area contributed by atoms with Crippen LogP contribution in [0.2, 0.25) is 0 Å². The molecule has 1 atom stereocenters. The quantitative estimate of drug-likeness (QED) is 0.706. The van der Waals surface area contributed by atoms with Gasteiger partial charge < -0.3 is 14.4 Å². The highest BCUT2D eigenvalue weighted by molar-refractivity contribution is 5.86. The van der Waals surface area contributed by atoms with E-state index in [1.807, 2.05) is 86.6 Å². The van der Waals surface area contributed by atoms with Gasteiger partial charge in [0, 0.05) is 13.7 Å². The molecular formula is C20H26ClNO3. The number of ether oxygens (including phenoxy) is 2. The number of benzene rings is 2. The smallest absolute Gasteiger partial charge is 0.348 e. The molecular weight excluding hydrogens is 338 g/mol. The minimum Gasteiger partial charge on any atom is -0.459 e. The molecule has 2 rings (SSSR count). The molecule has 5 heteroatoms. The van der Waals surface area contributed by atoms with Crippen molar-refractivity contribution < 1.29 is 14.3 Å². The number of likely N-dealkylation sites (N-methyl/N-ethyl adjacent to an activating group) is 1. The molecule has 25 heavy (non-hydrogen) atoms. The van der Waals surface area contributed by atoms with Gasteiger partial charge in [-0.05, 0) is 32.1 Å². The molecule has 0 fully saturated rings. The molecule has 0 saturated carbocycles. The first-order valence-electron chi connectivity index (χ1n) is 8.02. The van der Waals surface area contributed by atoms with Gasteiger partial charge in [-0.3, -0.25) is 0 Å². The lowest BCUT2D eigenvalue weighted by Crippen LogP contribution is -2.43. The van der Waals surface area contributed by atoms with Gasteiger partial charge >= 0.3 is 5.97 Å². The minimum absolute atomic E-state index is 0. The van der Waals surface area contributed by atoms with Gasteiger partial charge in [-0.2, -0.15) is 0 Å². The Bertz CT molecular complexity index is 607. The van der Waals surface area contributed by atoms with Crippen LogP contribution in [0, 0.1) is 0 Å². The summed E-state index contributed by atoms with van der Waals surface area (Å²) in [6, 6.07) is 18.9. The van der Waals surface area contributed by atoms with Crippen LogP contribution in [0.5, 0.6) is 0 Å². The molecule has 0 heterocycles. The number of carbonyl (C=O) groups is 1. The van der Waals surface area contributed by atoms with Crippen molar-refractivity contribution in [2.45, 2.75) is 18.6 Å². The molecule has 0 spiro atoms. The second kappa shape index (κ2) is 9.56. The molecule has 2 aromatic rings. The zero-order chi connectivity index (χ0) is 17.6. The monoisotopic (exact) mass is 363 g/mol. The molecule has 0 saturated heterocycles. The van der Waals surface area contributed by atoms with Crippen LogP contribution in [0.15, 0.2) is 60.7 Å². The fraction of sp³-hybridized carbons (Fsp3) is 0.350. The van der Waals surface area contributed by atoms with E-state index in [4.69, 9.17) is 9.47 Å². The number of rotatable bonds is 7. The van der Waals surface area contributed by atoms with Gasteiger partial charge in [-0.1, -0.05) is 60.7 Å². The summed E-state index contributed by atoms with van der Waals surface area (Å²) in [5, 5.41) is 0. The van der Waals surface area contributed by atoms with E-state index in [9.17, 15) is 4.79 Å². The van der Waals surface area contributed by atoms with Crippen LogP contribution in [0.4, 0.5) is 0 Å². The molecule has 0 aliphatic rings. The van der Waals surface area contributed by atoms with Crippen molar-refractivity contribution >= 4 is 18.4 Å². The van der Waals surface area contributed by atoms with E-state index in [0.29, 0.717) is 6.54 Å². The van der Waals surface area contributed by atoms with Crippen LogP contribution in [-0.4, -0.2) is 44.7 Å². The summed E-state index contributed by atoms with van der Waals surface area (Å²) in [5.74, 6) is -0.406. The highest BCUT2D eigenvalue weighted by atomic mass is 35.5. The largest absolute Gasteiger partial charge is 0.459 e. The number of halogens is 1. The first-order chi connectivity index (χ1) is 11.5. The van der Waals surface area contributed by atoms with Crippen LogP contribution in [-0.2, 0) is 19.9 Å². The van der Waals surface area contributed by atoms with Gasteiger partial charge in [0.15, 0.2) is 0 Å². The molecule has 0 aliphatic heterocycles. The second-order valence-corrected chi connectivity index (χ2v) is 6.10. The fourth-order valence-corrected chi connectivity index (χ4v) is 2.88. The molecule has 0 radical (unpaired) electrons. The van der Waals surface area contributed by atoms with Crippen molar-refractivity contribution in [3.05, 3.63) is 71.8 Å². The topological polar surface area (TPSA) is 38.8 Å². The SMILES string of the molecule is COC(C(=O)OC(C)CN(C)C)(c1ccccc1)c1ccccc1.Cl. The van der Waals surface area contributed by atoms with E-state index >= 15 is 0 Å². The van der Waals surface area contributed by atoms with Gasteiger partial charge in [0.25, 0.3) is 0 Å². The molecule has 4 nitrogen and oxygen atoms in total. The first-order valence-corrected chi connectivity index (χ1v) is 8.02.